The Morgan fingerprint density at radius 2 is 2.17 bits per heavy atom. The van der Waals surface area contributed by atoms with Gasteiger partial charge in [-0.2, -0.15) is 0 Å². The quantitative estimate of drug-likeness (QED) is 0.818. The van der Waals surface area contributed by atoms with Gasteiger partial charge >= 0.3 is 0 Å². The number of carbonyl (C=O) groups is 1. The van der Waals surface area contributed by atoms with Crippen LogP contribution in [-0.2, 0) is 0 Å². The molecule has 1 saturated heterocycles. The van der Waals surface area contributed by atoms with Crippen molar-refractivity contribution in [3.63, 3.8) is 0 Å². The van der Waals surface area contributed by atoms with E-state index in [0.717, 1.165) is 19.5 Å². The highest BCUT2D eigenvalue weighted by molar-refractivity contribution is 5.92. The molecule has 2 N–H and O–H groups in total. The second kappa shape index (κ2) is 4.55. The van der Waals surface area contributed by atoms with E-state index < -0.39 is 0 Å². The van der Waals surface area contributed by atoms with E-state index in [-0.39, 0.29) is 17.1 Å². The van der Waals surface area contributed by atoms with E-state index >= 15 is 0 Å². The first kappa shape index (κ1) is 12.8. The van der Waals surface area contributed by atoms with Crippen molar-refractivity contribution in [3.05, 3.63) is 18.1 Å². The molecule has 0 aromatic carbocycles. The van der Waals surface area contributed by atoms with Gasteiger partial charge in [0.1, 0.15) is 11.5 Å². The predicted octanol–water partition coefficient (Wildman–Crippen LogP) is 1.57. The van der Waals surface area contributed by atoms with Gasteiger partial charge in [0, 0.05) is 13.1 Å². The van der Waals surface area contributed by atoms with Crippen molar-refractivity contribution in [3.8, 4) is 0 Å². The fourth-order valence-electron chi connectivity index (χ4n) is 2.30. The minimum Gasteiger partial charge on any atom is -0.382 e. The van der Waals surface area contributed by atoms with Gasteiger partial charge in [0.2, 0.25) is 0 Å². The van der Waals surface area contributed by atoms with Crippen molar-refractivity contribution in [1.82, 2.24) is 14.9 Å². The van der Waals surface area contributed by atoms with Crippen LogP contribution in [0.4, 0.5) is 5.82 Å². The molecule has 2 heterocycles. The van der Waals surface area contributed by atoms with Gasteiger partial charge in [0.25, 0.3) is 5.91 Å². The Morgan fingerprint density at radius 3 is 2.72 bits per heavy atom. The first-order chi connectivity index (χ1) is 8.38. The maximum absolute atomic E-state index is 12.2. The van der Waals surface area contributed by atoms with Crippen molar-refractivity contribution in [2.24, 2.45) is 11.3 Å². The highest BCUT2D eigenvalue weighted by atomic mass is 16.2. The first-order valence-corrected chi connectivity index (χ1v) is 6.24. The monoisotopic (exact) mass is 248 g/mol. The van der Waals surface area contributed by atoms with E-state index in [4.69, 9.17) is 5.73 Å². The van der Waals surface area contributed by atoms with E-state index in [1.807, 2.05) is 4.90 Å². The summed E-state index contributed by atoms with van der Waals surface area (Å²) in [4.78, 5) is 22.0. The van der Waals surface area contributed by atoms with E-state index in [1.165, 1.54) is 12.4 Å². The molecule has 1 amide bonds. The fourth-order valence-corrected chi connectivity index (χ4v) is 2.30. The maximum atomic E-state index is 12.2. The zero-order valence-corrected chi connectivity index (χ0v) is 11.2. The third kappa shape index (κ3) is 2.60. The number of aromatic nitrogens is 2. The van der Waals surface area contributed by atoms with Crippen molar-refractivity contribution in [1.29, 1.82) is 0 Å². The van der Waals surface area contributed by atoms with Gasteiger partial charge < -0.3 is 10.6 Å². The zero-order chi connectivity index (χ0) is 13.3. The van der Waals surface area contributed by atoms with Crippen LogP contribution < -0.4 is 5.73 Å². The first-order valence-electron chi connectivity index (χ1n) is 6.24. The normalized spacial score (nSPS) is 20.2. The predicted molar refractivity (Wildman–Crippen MR) is 69.9 cm³/mol. The molecule has 18 heavy (non-hydrogen) atoms. The van der Waals surface area contributed by atoms with Crippen LogP contribution in [0.5, 0.6) is 0 Å². The Kier molecular flexibility index (Phi) is 3.24. The SMILES string of the molecule is CC(C)(C)C1CCN(C(=O)c2cncc(N)n2)C1. The molecule has 2 rings (SSSR count). The molecule has 0 spiro atoms. The van der Waals surface area contributed by atoms with Crippen molar-refractivity contribution in [2.75, 3.05) is 18.8 Å². The number of rotatable bonds is 1. The maximum Gasteiger partial charge on any atom is 0.274 e. The van der Waals surface area contributed by atoms with Crippen molar-refractivity contribution < 1.29 is 4.79 Å². The lowest BCUT2D eigenvalue weighted by atomic mass is 9.80. The zero-order valence-electron chi connectivity index (χ0n) is 11.2. The Balaban J connectivity index is 2.08. The number of carbonyl (C=O) groups excluding carboxylic acids is 1. The van der Waals surface area contributed by atoms with E-state index in [1.54, 1.807) is 0 Å². The van der Waals surface area contributed by atoms with Crippen LogP contribution >= 0.6 is 0 Å². The largest absolute Gasteiger partial charge is 0.382 e. The summed E-state index contributed by atoms with van der Waals surface area (Å²) in [5.41, 5.74) is 6.12. The van der Waals surface area contributed by atoms with Gasteiger partial charge in [0.15, 0.2) is 0 Å². The Labute approximate surface area is 107 Å². The number of nitrogens with zero attached hydrogens (tertiary/aromatic N) is 3. The Hall–Kier alpha value is -1.65. The minimum atomic E-state index is -0.0680. The molecule has 5 nitrogen and oxygen atoms in total. The lowest BCUT2D eigenvalue weighted by molar-refractivity contribution is 0.0770. The molecule has 1 aliphatic rings. The molecule has 0 aliphatic carbocycles. The second-order valence-corrected chi connectivity index (χ2v) is 5.93. The van der Waals surface area contributed by atoms with Crippen LogP contribution in [-0.4, -0.2) is 33.9 Å². The molecular formula is C13H20N4O. The number of amides is 1. The smallest absolute Gasteiger partial charge is 0.274 e. The van der Waals surface area contributed by atoms with Crippen molar-refractivity contribution >= 4 is 11.7 Å². The standard InChI is InChI=1S/C13H20N4O/c1-13(2,3)9-4-5-17(8-9)12(18)10-6-15-7-11(14)16-10/h6-7,9H,4-5,8H2,1-3H3,(H2,14,16). The van der Waals surface area contributed by atoms with Crippen LogP contribution in [0.15, 0.2) is 12.4 Å². The summed E-state index contributed by atoms with van der Waals surface area (Å²) < 4.78 is 0. The van der Waals surface area contributed by atoms with Gasteiger partial charge in [-0.25, -0.2) is 4.98 Å². The van der Waals surface area contributed by atoms with Gasteiger partial charge in [-0.05, 0) is 17.8 Å². The third-order valence-electron chi connectivity index (χ3n) is 3.57. The van der Waals surface area contributed by atoms with Gasteiger partial charge in [-0.3, -0.25) is 9.78 Å². The Bertz CT molecular complexity index is 453. The summed E-state index contributed by atoms with van der Waals surface area (Å²) in [5.74, 6) is 0.754. The number of nitrogens with two attached hydrogens (primary N) is 1. The number of likely N-dealkylation sites (tertiary alicyclic amines) is 1. The molecule has 1 atom stereocenters. The second-order valence-electron chi connectivity index (χ2n) is 5.93. The van der Waals surface area contributed by atoms with Crippen LogP contribution in [0.2, 0.25) is 0 Å². The lowest BCUT2D eigenvalue weighted by Gasteiger charge is -2.26. The summed E-state index contributed by atoms with van der Waals surface area (Å²) in [7, 11) is 0. The fraction of sp³-hybridized carbons (Fsp3) is 0.615. The minimum absolute atomic E-state index is 0.0680. The highest BCUT2D eigenvalue weighted by Crippen LogP contribution is 2.33. The molecule has 1 unspecified atom stereocenters. The molecule has 0 saturated carbocycles. The highest BCUT2D eigenvalue weighted by Gasteiger charge is 2.34. The van der Waals surface area contributed by atoms with Crippen LogP contribution in [0.3, 0.4) is 0 Å². The Morgan fingerprint density at radius 1 is 1.44 bits per heavy atom. The molecule has 0 bridgehead atoms. The van der Waals surface area contributed by atoms with E-state index in [2.05, 4.69) is 30.7 Å². The summed E-state index contributed by atoms with van der Waals surface area (Å²) in [5, 5.41) is 0. The number of hydrogen-bond acceptors (Lipinski definition) is 4. The molecule has 1 aromatic rings. The lowest BCUT2D eigenvalue weighted by Crippen LogP contribution is -2.31. The van der Waals surface area contributed by atoms with E-state index in [0.29, 0.717) is 11.6 Å². The summed E-state index contributed by atoms with van der Waals surface area (Å²) >= 11 is 0. The summed E-state index contributed by atoms with van der Waals surface area (Å²) in [6, 6.07) is 0. The topological polar surface area (TPSA) is 72.1 Å². The molecule has 5 heteroatoms. The molecule has 98 valence electrons. The number of anilines is 1. The molecule has 1 fully saturated rings. The summed E-state index contributed by atoms with van der Waals surface area (Å²) in [6.07, 6.45) is 3.97. The number of hydrogen-bond donors (Lipinski definition) is 1. The van der Waals surface area contributed by atoms with Crippen LogP contribution in [0.1, 0.15) is 37.7 Å². The molecule has 1 aromatic heterocycles. The number of nitrogen functional groups attached to an aromatic ring is 1. The van der Waals surface area contributed by atoms with Crippen LogP contribution in [0, 0.1) is 11.3 Å². The van der Waals surface area contributed by atoms with Gasteiger partial charge in [-0.15, -0.1) is 0 Å². The molecule has 1 aliphatic heterocycles. The van der Waals surface area contributed by atoms with E-state index in [9.17, 15) is 4.79 Å². The average Bonchev–Trinajstić information content (AvgIpc) is 2.77. The van der Waals surface area contributed by atoms with Crippen LogP contribution in [0.25, 0.3) is 0 Å². The van der Waals surface area contributed by atoms with Gasteiger partial charge in [0.05, 0.1) is 12.4 Å². The van der Waals surface area contributed by atoms with Crippen molar-refractivity contribution in [2.45, 2.75) is 27.2 Å². The third-order valence-corrected chi connectivity index (χ3v) is 3.57. The van der Waals surface area contributed by atoms with Gasteiger partial charge in [-0.1, -0.05) is 20.8 Å². The molecule has 0 radical (unpaired) electrons. The summed E-state index contributed by atoms with van der Waals surface area (Å²) in [6.45, 7) is 8.22. The molecular weight excluding hydrogens is 228 g/mol. The average molecular weight is 248 g/mol.